The summed E-state index contributed by atoms with van der Waals surface area (Å²) in [6, 6.07) is 8.70. The molecule has 1 aromatic heterocycles. The van der Waals surface area contributed by atoms with Crippen LogP contribution in [0.3, 0.4) is 0 Å². The Morgan fingerprint density at radius 3 is 2.53 bits per heavy atom. The fraction of sp³-hybridized carbons (Fsp3) is 0.308. The molecule has 0 aliphatic carbocycles. The van der Waals surface area contributed by atoms with Crippen molar-refractivity contribution in [2.24, 2.45) is 0 Å². The van der Waals surface area contributed by atoms with E-state index in [0.29, 0.717) is 0 Å². The maximum atomic E-state index is 4.39. The number of nitrogens with zero attached hydrogens (tertiary/aromatic N) is 2. The SMILES string of the molecule is CSc1ccc(CN(C)c2ncc(C)s2)cc1. The minimum absolute atomic E-state index is 0.904. The van der Waals surface area contributed by atoms with Crippen molar-refractivity contribution in [3.8, 4) is 0 Å². The van der Waals surface area contributed by atoms with Crippen LogP contribution in [-0.4, -0.2) is 18.3 Å². The molecule has 0 fully saturated rings. The van der Waals surface area contributed by atoms with E-state index in [-0.39, 0.29) is 0 Å². The van der Waals surface area contributed by atoms with E-state index in [9.17, 15) is 0 Å². The number of thioether (sulfide) groups is 1. The quantitative estimate of drug-likeness (QED) is 0.781. The molecular weight excluding hydrogens is 248 g/mol. The van der Waals surface area contributed by atoms with Gasteiger partial charge >= 0.3 is 0 Å². The van der Waals surface area contributed by atoms with Gasteiger partial charge in [-0.05, 0) is 30.9 Å². The molecule has 4 heteroatoms. The number of rotatable bonds is 4. The molecule has 0 amide bonds. The number of anilines is 1. The zero-order valence-corrected chi connectivity index (χ0v) is 11.9. The van der Waals surface area contributed by atoms with E-state index in [0.717, 1.165) is 11.7 Å². The molecular formula is C13H16N2S2. The molecule has 0 aliphatic heterocycles. The van der Waals surface area contributed by atoms with Crippen LogP contribution in [0.1, 0.15) is 10.4 Å². The van der Waals surface area contributed by atoms with Crippen molar-refractivity contribution in [2.75, 3.05) is 18.2 Å². The zero-order valence-electron chi connectivity index (χ0n) is 10.3. The lowest BCUT2D eigenvalue weighted by atomic mass is 10.2. The Morgan fingerprint density at radius 1 is 1.29 bits per heavy atom. The minimum atomic E-state index is 0.904. The van der Waals surface area contributed by atoms with Crippen molar-refractivity contribution in [1.82, 2.24) is 4.98 Å². The van der Waals surface area contributed by atoms with Crippen molar-refractivity contribution in [3.63, 3.8) is 0 Å². The Bertz CT molecular complexity index is 476. The first kappa shape index (κ1) is 12.5. The van der Waals surface area contributed by atoms with Crippen molar-refractivity contribution in [3.05, 3.63) is 40.9 Å². The average molecular weight is 264 g/mol. The third-order valence-electron chi connectivity index (χ3n) is 2.51. The summed E-state index contributed by atoms with van der Waals surface area (Å²) in [7, 11) is 2.08. The molecule has 1 aromatic carbocycles. The number of aromatic nitrogens is 1. The van der Waals surface area contributed by atoms with Crippen LogP contribution in [0.25, 0.3) is 0 Å². The highest BCUT2D eigenvalue weighted by Crippen LogP contribution is 2.22. The molecule has 0 saturated heterocycles. The summed E-state index contributed by atoms with van der Waals surface area (Å²) in [6.07, 6.45) is 4.02. The maximum absolute atomic E-state index is 4.39. The van der Waals surface area contributed by atoms with E-state index in [1.165, 1.54) is 15.3 Å². The minimum Gasteiger partial charge on any atom is -0.347 e. The first-order valence-corrected chi connectivity index (χ1v) is 7.49. The van der Waals surface area contributed by atoms with Crippen LogP contribution in [0.5, 0.6) is 0 Å². The van der Waals surface area contributed by atoms with Gasteiger partial charge < -0.3 is 4.90 Å². The van der Waals surface area contributed by atoms with Crippen molar-refractivity contribution in [2.45, 2.75) is 18.4 Å². The fourth-order valence-electron chi connectivity index (χ4n) is 1.59. The Kier molecular flexibility index (Phi) is 4.07. The molecule has 0 aliphatic rings. The lowest BCUT2D eigenvalue weighted by Gasteiger charge is -2.15. The van der Waals surface area contributed by atoms with Gasteiger partial charge in [0.2, 0.25) is 0 Å². The highest BCUT2D eigenvalue weighted by Gasteiger charge is 2.05. The van der Waals surface area contributed by atoms with Crippen LogP contribution in [0.2, 0.25) is 0 Å². The van der Waals surface area contributed by atoms with E-state index in [4.69, 9.17) is 0 Å². The molecule has 0 radical (unpaired) electrons. The van der Waals surface area contributed by atoms with Gasteiger partial charge in [0, 0.05) is 29.6 Å². The maximum Gasteiger partial charge on any atom is 0.185 e. The number of benzene rings is 1. The molecule has 2 nitrogen and oxygen atoms in total. The third kappa shape index (κ3) is 3.23. The predicted molar refractivity (Wildman–Crippen MR) is 77.2 cm³/mol. The summed E-state index contributed by atoms with van der Waals surface area (Å²) in [4.78, 5) is 9.13. The number of thiazole rings is 1. The second-order valence-electron chi connectivity index (χ2n) is 3.96. The highest BCUT2D eigenvalue weighted by atomic mass is 32.2. The van der Waals surface area contributed by atoms with Gasteiger partial charge in [-0.15, -0.1) is 23.1 Å². The highest BCUT2D eigenvalue weighted by molar-refractivity contribution is 7.98. The summed E-state index contributed by atoms with van der Waals surface area (Å²) in [5.74, 6) is 0. The van der Waals surface area contributed by atoms with Crippen LogP contribution >= 0.6 is 23.1 Å². The summed E-state index contributed by atoms with van der Waals surface area (Å²) >= 11 is 3.51. The largest absolute Gasteiger partial charge is 0.347 e. The second-order valence-corrected chi connectivity index (χ2v) is 6.05. The van der Waals surface area contributed by atoms with Gasteiger partial charge in [0.25, 0.3) is 0 Å². The molecule has 0 N–H and O–H groups in total. The van der Waals surface area contributed by atoms with Gasteiger partial charge in [-0.3, -0.25) is 0 Å². The molecule has 1 heterocycles. The number of hydrogen-bond acceptors (Lipinski definition) is 4. The molecule has 0 unspecified atom stereocenters. The van der Waals surface area contributed by atoms with Gasteiger partial charge in [-0.25, -0.2) is 4.98 Å². The van der Waals surface area contributed by atoms with Gasteiger partial charge in [-0.1, -0.05) is 12.1 Å². The molecule has 2 aromatic rings. The van der Waals surface area contributed by atoms with Crippen molar-refractivity contribution in [1.29, 1.82) is 0 Å². The van der Waals surface area contributed by atoms with Gasteiger partial charge in [0.15, 0.2) is 5.13 Å². The summed E-state index contributed by atoms with van der Waals surface area (Å²) in [6.45, 7) is 2.99. The van der Waals surface area contributed by atoms with Gasteiger partial charge in [0.05, 0.1) is 0 Å². The first-order chi connectivity index (χ1) is 8.19. The second kappa shape index (κ2) is 5.56. The van der Waals surface area contributed by atoms with E-state index >= 15 is 0 Å². The Morgan fingerprint density at radius 2 is 2.00 bits per heavy atom. The molecule has 17 heavy (non-hydrogen) atoms. The van der Waals surface area contributed by atoms with E-state index in [1.807, 2.05) is 6.20 Å². The summed E-state index contributed by atoms with van der Waals surface area (Å²) in [5, 5.41) is 1.08. The van der Waals surface area contributed by atoms with Crippen LogP contribution < -0.4 is 4.90 Å². The lowest BCUT2D eigenvalue weighted by Crippen LogP contribution is -2.15. The predicted octanol–water partition coefficient (Wildman–Crippen LogP) is 3.81. The Hall–Kier alpha value is -1.00. The normalized spacial score (nSPS) is 10.5. The topological polar surface area (TPSA) is 16.1 Å². The molecule has 90 valence electrons. The fourth-order valence-corrected chi connectivity index (χ4v) is 2.72. The third-order valence-corrected chi connectivity index (χ3v) is 4.29. The van der Waals surface area contributed by atoms with Crippen LogP contribution in [0.15, 0.2) is 35.4 Å². The molecule has 0 atom stereocenters. The molecule has 0 spiro atoms. The van der Waals surface area contributed by atoms with Crippen LogP contribution in [-0.2, 0) is 6.54 Å². The van der Waals surface area contributed by atoms with Gasteiger partial charge in [0.1, 0.15) is 0 Å². The van der Waals surface area contributed by atoms with E-state index in [1.54, 1.807) is 23.1 Å². The van der Waals surface area contributed by atoms with Gasteiger partial charge in [-0.2, -0.15) is 0 Å². The number of hydrogen-bond donors (Lipinski definition) is 0. The summed E-state index contributed by atoms with van der Waals surface area (Å²) in [5.41, 5.74) is 1.32. The Labute approximate surface area is 111 Å². The molecule has 2 rings (SSSR count). The molecule has 0 bridgehead atoms. The monoisotopic (exact) mass is 264 g/mol. The van der Waals surface area contributed by atoms with E-state index < -0.39 is 0 Å². The van der Waals surface area contributed by atoms with Crippen molar-refractivity contribution < 1.29 is 0 Å². The first-order valence-electron chi connectivity index (χ1n) is 5.45. The summed E-state index contributed by atoms with van der Waals surface area (Å²) < 4.78 is 0. The van der Waals surface area contributed by atoms with Crippen LogP contribution in [0, 0.1) is 6.92 Å². The number of aryl methyl sites for hydroxylation is 1. The standard InChI is InChI=1S/C13H16N2S2/c1-10-8-14-13(17-10)15(2)9-11-4-6-12(16-3)7-5-11/h4-8H,9H2,1-3H3. The Balaban J connectivity index is 2.04. The smallest absolute Gasteiger partial charge is 0.185 e. The molecule has 0 saturated carbocycles. The lowest BCUT2D eigenvalue weighted by molar-refractivity contribution is 0.913. The van der Waals surface area contributed by atoms with Crippen LogP contribution in [0.4, 0.5) is 5.13 Å². The van der Waals surface area contributed by atoms with E-state index in [2.05, 4.69) is 54.4 Å². The zero-order chi connectivity index (χ0) is 12.3. The average Bonchev–Trinajstić information content (AvgIpc) is 2.77. The van der Waals surface area contributed by atoms with Crippen molar-refractivity contribution >= 4 is 28.2 Å².